The third kappa shape index (κ3) is 97.8. The lowest BCUT2D eigenvalue weighted by Crippen LogP contribution is -2.44. The molecule has 9 rings (SSSR count). The number of aliphatic hydroxyl groups is 1. The number of likely N-dealkylation sites (N-methyl/N-ethyl adjacent to an activating group) is 1. The van der Waals surface area contributed by atoms with E-state index in [1.54, 1.807) is 68.2 Å². The van der Waals surface area contributed by atoms with E-state index in [1.807, 2.05) is 111 Å². The largest absolute Gasteiger partial charge is 0.511 e. The van der Waals surface area contributed by atoms with Gasteiger partial charge < -0.3 is 135 Å². The number of aliphatic imine (C=N–C) groups is 1. The van der Waals surface area contributed by atoms with Crippen LogP contribution in [0.5, 0.6) is 0 Å². The number of anilines is 3. The Labute approximate surface area is 852 Å². The van der Waals surface area contributed by atoms with Crippen LogP contribution in [0.3, 0.4) is 0 Å². The van der Waals surface area contributed by atoms with Gasteiger partial charge in [-0.25, -0.2) is 9.97 Å². The van der Waals surface area contributed by atoms with E-state index in [1.165, 1.54) is 157 Å². The number of nitrogen functional groups attached to an aromatic ring is 3. The van der Waals surface area contributed by atoms with E-state index in [0.717, 1.165) is 180 Å². The number of benzene rings is 4. The van der Waals surface area contributed by atoms with Crippen molar-refractivity contribution < 1.29 is 19.3 Å². The summed E-state index contributed by atoms with van der Waals surface area (Å²) >= 11 is 0. The first kappa shape index (κ1) is 139. The quantitative estimate of drug-likeness (QED) is 0.00730. The van der Waals surface area contributed by atoms with E-state index in [2.05, 4.69) is 167 Å². The first-order valence-electron chi connectivity index (χ1n) is 49.8. The van der Waals surface area contributed by atoms with Gasteiger partial charge in [-0.15, -0.1) is 0 Å². The van der Waals surface area contributed by atoms with Crippen LogP contribution in [0.15, 0.2) is 177 Å². The third-order valence-electron chi connectivity index (χ3n) is 19.9. The standard InChI is InChI=1S/C13H13NS2.C12H12N2S2.C9H21NO3.C8H19N3.C7H11N3O.C7H16N2.C7H17N.C6H11N3.C6H10N2.C6H16N2.2C6H15N.C5H13NS2.C4H11N/c1-10-2-6-12(7-3-10)15-16-13-8-4-11(14)5-9-13;13-9-5-1-3-7-11(9)15-16-12-8-4-2-6-10(12)14;1-2-4-11-6-8-13-9-7-12-5-3-10;1-10-5-7-11(8-6-10)4-2-3-9;1-5(11)7(8)2-6-3-9-4-10-6;8-4-3-7-9-5-1-2-6-9;1-3-4-5-7(2)6-8;7-2-1-4-9-5-3-8-6-9;7-4-3-6-2-1-5-8-6;1-2-5-8-6-3-4-7;1-4-6(2,3)5-7;1-3-6(2)4-5-7;1-2-4-7-8-5-3-6;1-2-3-4-5/h2-9H,14H2,1H3;1-8H,13-14H2;2-10H2,1H3;2-9H2,1H3;3-4,7,11H,1-2,8H2,(H,9,10);1-8H2;7H,3-6,8H2,1-2H3;3,5-6H,1-2,4,7H2;2,5H,1,3-4,7H2;8H,2-7H2,1H3;4-5,7H2,1-3H3;6H,3-5,7H2,1-2H3;2-6H2,1H3;2-5H2,1H3/t;;;;7-;;;;;;;;;/m....1........./s1. The molecule has 0 bridgehead atoms. The highest BCUT2D eigenvalue weighted by Crippen LogP contribution is 2.42. The number of aliphatic hydroxyl groups excluding tert-OH is 1. The number of allylic oxidation sites excluding steroid dienone is 1. The average Bonchev–Trinajstić information content (AvgIpc) is 1.18. The van der Waals surface area contributed by atoms with E-state index in [0.29, 0.717) is 58.0 Å². The zero-order chi connectivity index (χ0) is 102. The zero-order valence-electron chi connectivity index (χ0n) is 87.0. The molecule has 3 aliphatic rings. The molecule has 2 fully saturated rings. The van der Waals surface area contributed by atoms with Crippen molar-refractivity contribution in [3.63, 3.8) is 0 Å². The van der Waals surface area contributed by atoms with E-state index < -0.39 is 6.04 Å². The molecule has 6 aromatic rings. The van der Waals surface area contributed by atoms with Crippen molar-refractivity contribution in [3.8, 4) is 0 Å². The number of imidazole rings is 2. The van der Waals surface area contributed by atoms with Crippen LogP contribution in [0.25, 0.3) is 0 Å². The van der Waals surface area contributed by atoms with Crippen LogP contribution < -0.4 is 91.3 Å². The number of likely N-dealkylation sites (tertiary alicyclic amines) is 1. The minimum absolute atomic E-state index is 0.000370. The van der Waals surface area contributed by atoms with Gasteiger partial charge in [-0.05, 0) is 274 Å². The summed E-state index contributed by atoms with van der Waals surface area (Å²) in [5, 5.41) is 12.1. The molecule has 788 valence electrons. The molecule has 28 nitrogen and oxygen atoms in total. The molecule has 2 saturated heterocycles. The molecule has 5 heterocycles. The van der Waals surface area contributed by atoms with Crippen LogP contribution in [0.2, 0.25) is 0 Å². The number of H-pyrrole nitrogens is 1. The van der Waals surface area contributed by atoms with Gasteiger partial charge in [0.25, 0.3) is 0 Å². The fourth-order valence-corrected chi connectivity index (χ4v) is 16.5. The highest BCUT2D eigenvalue weighted by Gasteiger charge is 2.14. The Kier molecular flexibility index (Phi) is 110. The van der Waals surface area contributed by atoms with Crippen LogP contribution >= 0.6 is 64.8 Å². The number of hydrogen-bond acceptors (Lipinski definition) is 32. The zero-order valence-corrected chi connectivity index (χ0v) is 91.9. The number of nitrogens with two attached hydrogens (primary N) is 15. The van der Waals surface area contributed by atoms with Gasteiger partial charge in [-0.1, -0.05) is 221 Å². The predicted octanol–water partition coefficient (Wildman–Crippen LogP) is 17.1. The lowest BCUT2D eigenvalue weighted by Gasteiger charge is -2.32. The van der Waals surface area contributed by atoms with Crippen molar-refractivity contribution >= 4 is 88.0 Å². The van der Waals surface area contributed by atoms with Gasteiger partial charge in [0, 0.05) is 156 Å². The first-order valence-corrected chi connectivity index (χ1v) is 56.6. The van der Waals surface area contributed by atoms with Crippen molar-refractivity contribution in [2.45, 2.75) is 244 Å². The van der Waals surface area contributed by atoms with Gasteiger partial charge in [-0.2, -0.15) is 0 Å². The Hall–Kier alpha value is -5.01. The summed E-state index contributed by atoms with van der Waals surface area (Å²) in [6, 6.07) is 31.7. The fourth-order valence-electron chi connectivity index (χ4n) is 10.3. The minimum atomic E-state index is -0.407. The maximum atomic E-state index is 8.87. The molecular weight excluding hydrogens is 1820 g/mol. The number of nitrogens with one attached hydrogen (secondary N) is 2. The molecule has 0 spiro atoms. The SMILES string of the molecule is C=C(O)[C@H](N)Cc1cnc[nH]1.CCC(C)(C)CN.CCC(C)CCN.CCCCC(C)CN.CCCCN.CCCNCCCN.CCCOCCOCCOCCN.CCCSSCCN.CN1CCN(CCCN)CC1.Cc1ccc(SSc2ccc(N)cc2)cc1.NCCC1=CCC=N1.NCCCN1CCCC1.NCCCn1ccnc1.Nc1ccccc1SSc1ccccc1N. The molecule has 0 amide bonds. The fraction of sp³-hybridized carbons (Fsp3) is 0.657. The summed E-state index contributed by atoms with van der Waals surface area (Å²) in [5.41, 5.74) is 87.4. The van der Waals surface area contributed by atoms with Crippen LogP contribution in [0.4, 0.5) is 17.1 Å². The number of nitrogens with zero attached hydrogens (tertiary/aromatic N) is 7. The van der Waals surface area contributed by atoms with Crippen LogP contribution in [-0.4, -0.2) is 247 Å². The molecule has 136 heavy (non-hydrogen) atoms. The number of ether oxygens (including phenoxy) is 3. The summed E-state index contributed by atoms with van der Waals surface area (Å²) in [5.74, 6) is 3.90. The van der Waals surface area contributed by atoms with E-state index in [4.69, 9.17) is 105 Å². The van der Waals surface area contributed by atoms with Gasteiger partial charge in [0.1, 0.15) is 5.76 Å². The van der Waals surface area contributed by atoms with Crippen molar-refractivity contribution in [1.29, 1.82) is 0 Å². The van der Waals surface area contributed by atoms with Crippen LogP contribution in [-0.2, 0) is 27.2 Å². The maximum Gasteiger partial charge on any atom is 0.102 e. The molecule has 0 saturated carbocycles. The highest BCUT2D eigenvalue weighted by molar-refractivity contribution is 8.77. The topological polar surface area (TPSA) is 519 Å². The molecule has 3 aliphatic heterocycles. The number of aromatic nitrogens is 4. The van der Waals surface area contributed by atoms with Crippen LogP contribution in [0.1, 0.15) is 209 Å². The minimum Gasteiger partial charge on any atom is -0.511 e. The Balaban J connectivity index is -0.000000458. The van der Waals surface area contributed by atoms with E-state index in [-0.39, 0.29) is 5.76 Å². The maximum absolute atomic E-state index is 8.87. The summed E-state index contributed by atoms with van der Waals surface area (Å²) < 4.78 is 17.6. The van der Waals surface area contributed by atoms with Crippen molar-refractivity contribution in [3.05, 3.63) is 164 Å². The Morgan fingerprint density at radius 2 is 1.07 bits per heavy atom. The molecule has 33 N–H and O–H groups in total. The van der Waals surface area contributed by atoms with Crippen molar-refractivity contribution in [1.82, 2.24) is 39.5 Å². The van der Waals surface area contributed by atoms with E-state index in [9.17, 15) is 0 Å². The molecular formula is C102H200N24O4S6. The first-order chi connectivity index (χ1) is 65.7. The number of piperazine rings is 1. The monoisotopic (exact) mass is 2020 g/mol. The van der Waals surface area contributed by atoms with Crippen molar-refractivity contribution in [2.24, 2.45) is 91.0 Å². The lowest BCUT2D eigenvalue weighted by molar-refractivity contribution is 0.0161. The average molecular weight is 2020 g/mol. The number of aryl methyl sites for hydroxylation is 2. The number of hydrogen-bond donors (Lipinski definition) is 18. The number of aromatic amines is 1. The summed E-state index contributed by atoms with van der Waals surface area (Å²) in [6.45, 7) is 55.0. The summed E-state index contributed by atoms with van der Waals surface area (Å²) in [7, 11) is 12.7. The molecule has 4 aromatic carbocycles. The second-order valence-electron chi connectivity index (χ2n) is 33.3. The molecule has 3 atom stereocenters. The molecule has 0 aliphatic carbocycles. The molecule has 34 heteroatoms. The van der Waals surface area contributed by atoms with Crippen molar-refractivity contribution in [2.75, 3.05) is 213 Å². The van der Waals surface area contributed by atoms with Gasteiger partial charge in [0.2, 0.25) is 0 Å². The van der Waals surface area contributed by atoms with Crippen LogP contribution in [0, 0.1) is 24.2 Å². The summed E-state index contributed by atoms with van der Waals surface area (Å²) in [4.78, 5) is 26.7. The van der Waals surface area contributed by atoms with Gasteiger partial charge in [-0.3, -0.25) is 4.99 Å². The Morgan fingerprint density at radius 1 is 0.544 bits per heavy atom. The number of para-hydroxylation sites is 2. The van der Waals surface area contributed by atoms with E-state index >= 15 is 0 Å². The second-order valence-corrected chi connectivity index (χ2v) is 40.5. The Bertz CT molecular complexity index is 3300. The lowest BCUT2D eigenvalue weighted by atomic mass is 9.91. The highest BCUT2D eigenvalue weighted by atomic mass is 33.1. The molecule has 2 aromatic heterocycles. The number of unbranched alkanes of at least 4 members (excludes halogenated alkanes) is 2. The molecule has 2 unspecified atom stereocenters. The molecule has 0 radical (unpaired) electrons. The van der Waals surface area contributed by atoms with Gasteiger partial charge >= 0.3 is 0 Å². The normalized spacial score (nSPS) is 12.9. The summed E-state index contributed by atoms with van der Waals surface area (Å²) in [6.07, 6.45) is 35.9. The Morgan fingerprint density at radius 3 is 1.48 bits per heavy atom. The third-order valence-corrected chi connectivity index (χ3v) is 27.4. The van der Waals surface area contributed by atoms with Gasteiger partial charge in [0.05, 0.1) is 51.7 Å². The predicted molar refractivity (Wildman–Crippen MR) is 608 cm³/mol. The van der Waals surface area contributed by atoms with Gasteiger partial charge in [0.15, 0.2) is 0 Å². The number of rotatable bonds is 51. The smallest absolute Gasteiger partial charge is 0.102 e. The second kappa shape index (κ2) is 107.